The van der Waals surface area contributed by atoms with Gasteiger partial charge in [0.15, 0.2) is 0 Å². The van der Waals surface area contributed by atoms with Crippen LogP contribution in [-0.4, -0.2) is 54.6 Å². The lowest BCUT2D eigenvalue weighted by Crippen LogP contribution is -2.41. The number of halogens is 1. The summed E-state index contributed by atoms with van der Waals surface area (Å²) in [5.74, 6) is 0.0348. The van der Waals surface area contributed by atoms with E-state index in [1.807, 2.05) is 35.2 Å². The van der Waals surface area contributed by atoms with Gasteiger partial charge in [0.1, 0.15) is 5.69 Å². The molecule has 5 nitrogen and oxygen atoms in total. The third-order valence-electron chi connectivity index (χ3n) is 7.22. The number of nitrogens with zero attached hydrogens (tertiary/aromatic N) is 2. The van der Waals surface area contributed by atoms with Gasteiger partial charge < -0.3 is 15.2 Å². The van der Waals surface area contributed by atoms with Crippen LogP contribution < -0.4 is 10.2 Å². The Labute approximate surface area is 181 Å². The van der Waals surface area contributed by atoms with Gasteiger partial charge in [-0.1, -0.05) is 29.8 Å². The van der Waals surface area contributed by atoms with Crippen molar-refractivity contribution in [1.82, 2.24) is 15.2 Å². The lowest BCUT2D eigenvalue weighted by molar-refractivity contribution is 0.0980. The molecule has 0 aliphatic carbocycles. The smallest absolute Gasteiger partial charge is 0.274 e. The van der Waals surface area contributed by atoms with Crippen LogP contribution in [0.4, 0.5) is 5.69 Å². The maximum atomic E-state index is 13.6. The maximum Gasteiger partial charge on any atom is 0.274 e. The van der Waals surface area contributed by atoms with Crippen molar-refractivity contribution < 1.29 is 4.79 Å². The molecule has 2 fully saturated rings. The average Bonchev–Trinajstić information content (AvgIpc) is 3.54. The number of aromatic nitrogens is 1. The molecule has 0 bridgehead atoms. The molecule has 1 aromatic heterocycles. The highest BCUT2D eigenvalue weighted by atomic mass is 35.5. The summed E-state index contributed by atoms with van der Waals surface area (Å²) in [6, 6.07) is 16.7. The second-order valence-corrected chi connectivity index (χ2v) is 9.41. The van der Waals surface area contributed by atoms with Gasteiger partial charge in [0.25, 0.3) is 5.91 Å². The number of nitrogens with one attached hydrogen (secondary N) is 2. The zero-order valence-corrected chi connectivity index (χ0v) is 17.6. The Balaban J connectivity index is 1.34. The number of benzene rings is 2. The predicted octanol–water partition coefficient (Wildman–Crippen LogP) is 3.79. The van der Waals surface area contributed by atoms with Crippen molar-refractivity contribution in [2.45, 2.75) is 24.3 Å². The summed E-state index contributed by atoms with van der Waals surface area (Å²) in [6.07, 6.45) is 2.32. The Morgan fingerprint density at radius 2 is 2.03 bits per heavy atom. The lowest BCUT2D eigenvalue weighted by Gasteiger charge is -2.28. The zero-order chi connectivity index (χ0) is 20.3. The Morgan fingerprint density at radius 3 is 2.90 bits per heavy atom. The minimum Gasteiger partial charge on any atom is -0.351 e. The summed E-state index contributed by atoms with van der Waals surface area (Å²) in [4.78, 5) is 21.5. The van der Waals surface area contributed by atoms with Crippen LogP contribution in [0.25, 0.3) is 10.9 Å². The van der Waals surface area contributed by atoms with Crippen molar-refractivity contribution in [3.63, 3.8) is 0 Å². The molecule has 1 unspecified atom stereocenters. The minimum absolute atomic E-state index is 0.0319. The van der Waals surface area contributed by atoms with E-state index in [0.717, 1.165) is 55.7 Å². The van der Waals surface area contributed by atoms with Gasteiger partial charge in [-0.2, -0.15) is 0 Å². The molecule has 0 radical (unpaired) electrons. The number of para-hydroxylation sites is 1. The van der Waals surface area contributed by atoms with Gasteiger partial charge in [0.05, 0.1) is 0 Å². The number of fused-ring (bicyclic) bond motifs is 3. The number of hydrogen-bond acceptors (Lipinski definition) is 3. The first-order valence-corrected chi connectivity index (χ1v) is 11.2. The first kappa shape index (κ1) is 18.4. The summed E-state index contributed by atoms with van der Waals surface area (Å²) in [7, 11) is 0. The van der Waals surface area contributed by atoms with Gasteiger partial charge in [-0.15, -0.1) is 0 Å². The van der Waals surface area contributed by atoms with Crippen LogP contribution in [-0.2, 0) is 5.41 Å². The Hall–Kier alpha value is -2.34. The van der Waals surface area contributed by atoms with Crippen LogP contribution in [0.3, 0.4) is 0 Å². The number of carbonyl (C=O) groups excluding carboxylic acids is 1. The first-order chi connectivity index (χ1) is 14.6. The highest BCUT2D eigenvalue weighted by molar-refractivity contribution is 6.31. The van der Waals surface area contributed by atoms with E-state index in [1.165, 1.54) is 12.0 Å². The first-order valence-electron chi connectivity index (χ1n) is 10.8. The summed E-state index contributed by atoms with van der Waals surface area (Å²) < 4.78 is 0. The fourth-order valence-corrected chi connectivity index (χ4v) is 5.87. The number of amides is 1. The van der Waals surface area contributed by atoms with Crippen molar-refractivity contribution in [2.24, 2.45) is 0 Å². The van der Waals surface area contributed by atoms with Gasteiger partial charge in [-0.3, -0.25) is 9.69 Å². The number of aromatic amines is 1. The van der Waals surface area contributed by atoms with E-state index in [0.29, 0.717) is 16.8 Å². The van der Waals surface area contributed by atoms with Crippen molar-refractivity contribution >= 4 is 34.1 Å². The normalized spacial score (nSPS) is 26.2. The molecule has 30 heavy (non-hydrogen) atoms. The van der Waals surface area contributed by atoms with Gasteiger partial charge in [-0.25, -0.2) is 0 Å². The molecular formula is C24H25ClN4O. The quantitative estimate of drug-likeness (QED) is 0.663. The second-order valence-electron chi connectivity index (χ2n) is 8.97. The molecular weight excluding hydrogens is 396 g/mol. The van der Waals surface area contributed by atoms with Gasteiger partial charge in [0, 0.05) is 52.7 Å². The van der Waals surface area contributed by atoms with Crippen LogP contribution >= 0.6 is 11.6 Å². The molecule has 0 saturated carbocycles. The molecule has 3 aromatic rings. The highest BCUT2D eigenvalue weighted by Gasteiger charge is 2.50. The molecule has 2 N–H and O–H groups in total. The number of hydrogen-bond donors (Lipinski definition) is 2. The third-order valence-corrected chi connectivity index (χ3v) is 7.45. The highest BCUT2D eigenvalue weighted by Crippen LogP contribution is 2.47. The van der Waals surface area contributed by atoms with Gasteiger partial charge in [0.2, 0.25) is 0 Å². The molecule has 6 rings (SSSR count). The van der Waals surface area contributed by atoms with E-state index in [4.69, 9.17) is 11.6 Å². The molecule has 2 saturated heterocycles. The molecule has 2 aromatic carbocycles. The SMILES string of the molecule is O=C(c1cc2cc(Cl)ccc2[nH]1)N1C[C@@]2(CCN(C3CCNC3)C2)c2ccccc21. The van der Waals surface area contributed by atoms with E-state index in [1.54, 1.807) is 0 Å². The number of H-pyrrole nitrogens is 1. The summed E-state index contributed by atoms with van der Waals surface area (Å²) in [5.41, 5.74) is 3.97. The van der Waals surface area contributed by atoms with E-state index in [9.17, 15) is 4.79 Å². The Kier molecular flexibility index (Phi) is 4.20. The number of anilines is 1. The van der Waals surface area contributed by atoms with Crippen molar-refractivity contribution in [3.05, 3.63) is 64.8 Å². The fourth-order valence-electron chi connectivity index (χ4n) is 5.69. The van der Waals surface area contributed by atoms with E-state index in [2.05, 4.69) is 33.4 Å². The maximum absolute atomic E-state index is 13.6. The Morgan fingerprint density at radius 1 is 1.13 bits per heavy atom. The van der Waals surface area contributed by atoms with Crippen LogP contribution in [0.1, 0.15) is 28.9 Å². The number of carbonyl (C=O) groups is 1. The fraction of sp³-hybridized carbons (Fsp3) is 0.375. The van der Waals surface area contributed by atoms with Crippen LogP contribution in [0.5, 0.6) is 0 Å². The number of likely N-dealkylation sites (tertiary alicyclic amines) is 1. The lowest BCUT2D eigenvalue weighted by atomic mass is 9.81. The van der Waals surface area contributed by atoms with Crippen LogP contribution in [0.15, 0.2) is 48.5 Å². The van der Waals surface area contributed by atoms with Gasteiger partial charge >= 0.3 is 0 Å². The van der Waals surface area contributed by atoms with E-state index in [-0.39, 0.29) is 11.3 Å². The monoisotopic (exact) mass is 420 g/mol. The van der Waals surface area contributed by atoms with Gasteiger partial charge in [-0.05, 0) is 61.8 Å². The molecule has 1 amide bonds. The topological polar surface area (TPSA) is 51.4 Å². The van der Waals surface area contributed by atoms with Crippen LogP contribution in [0, 0.1) is 0 Å². The molecule has 4 heterocycles. The Bertz CT molecular complexity index is 1140. The average molecular weight is 421 g/mol. The molecule has 3 aliphatic heterocycles. The second kappa shape index (κ2) is 6.84. The molecule has 154 valence electrons. The van der Waals surface area contributed by atoms with Crippen molar-refractivity contribution in [3.8, 4) is 0 Å². The minimum atomic E-state index is 0.0319. The summed E-state index contributed by atoms with van der Waals surface area (Å²) in [6.45, 7) is 5.08. The van der Waals surface area contributed by atoms with Crippen molar-refractivity contribution in [2.75, 3.05) is 37.6 Å². The summed E-state index contributed by atoms with van der Waals surface area (Å²) in [5, 5.41) is 5.14. The standard InChI is InChI=1S/C24H25ClN4O/c25-17-5-6-20-16(11-17)12-21(27-20)23(30)29-15-24(19-3-1-2-4-22(19)29)8-10-28(14-24)18-7-9-26-13-18/h1-6,11-12,18,26-27H,7-10,13-15H2/t18?,24-/m0/s1. The van der Waals surface area contributed by atoms with Crippen molar-refractivity contribution in [1.29, 1.82) is 0 Å². The third kappa shape index (κ3) is 2.80. The molecule has 1 spiro atoms. The van der Waals surface area contributed by atoms with Crippen LogP contribution in [0.2, 0.25) is 5.02 Å². The zero-order valence-electron chi connectivity index (χ0n) is 16.8. The molecule has 2 atom stereocenters. The summed E-state index contributed by atoms with van der Waals surface area (Å²) >= 11 is 6.13. The number of rotatable bonds is 2. The van der Waals surface area contributed by atoms with E-state index < -0.39 is 0 Å². The predicted molar refractivity (Wildman–Crippen MR) is 121 cm³/mol. The molecule has 6 heteroatoms. The largest absolute Gasteiger partial charge is 0.351 e. The van der Waals surface area contributed by atoms with E-state index >= 15 is 0 Å². The molecule has 3 aliphatic rings.